The molecule has 1 aromatic heterocycles. The quantitative estimate of drug-likeness (QED) is 0.517. The molecule has 1 aliphatic rings. The molecule has 0 radical (unpaired) electrons. The lowest BCUT2D eigenvalue weighted by Gasteiger charge is -2.32. The first-order valence-corrected chi connectivity index (χ1v) is 11.0. The van der Waals surface area contributed by atoms with Crippen LogP contribution in [0.25, 0.3) is 0 Å². The molecule has 1 aliphatic heterocycles. The van der Waals surface area contributed by atoms with Crippen LogP contribution >= 0.6 is 11.6 Å². The van der Waals surface area contributed by atoms with Gasteiger partial charge in [-0.1, -0.05) is 24.6 Å². The van der Waals surface area contributed by atoms with E-state index in [0.29, 0.717) is 50.2 Å². The van der Waals surface area contributed by atoms with Gasteiger partial charge in [-0.05, 0) is 50.4 Å². The van der Waals surface area contributed by atoms with Crippen LogP contribution in [0.2, 0.25) is 5.02 Å². The lowest BCUT2D eigenvalue weighted by atomic mass is 10.1. The third-order valence-corrected chi connectivity index (χ3v) is 5.81. The van der Waals surface area contributed by atoms with E-state index >= 15 is 0 Å². The van der Waals surface area contributed by atoms with Crippen molar-refractivity contribution in [2.24, 2.45) is 0 Å². The zero-order chi connectivity index (χ0) is 22.8. The highest BCUT2D eigenvalue weighted by molar-refractivity contribution is 6.33. The van der Waals surface area contributed by atoms with Crippen LogP contribution in [0.3, 0.4) is 0 Å². The minimum Gasteiger partial charge on any atom is -0.383 e. The van der Waals surface area contributed by atoms with Gasteiger partial charge in [0.05, 0.1) is 23.0 Å². The first-order chi connectivity index (χ1) is 14.7. The molecule has 5 nitrogen and oxygen atoms in total. The monoisotopic (exact) mass is 458 g/mol. The van der Waals surface area contributed by atoms with E-state index in [9.17, 15) is 13.2 Å². The number of ether oxygens (including phenoxy) is 1. The SMILES string of the molecule is CCCN(CCOC)Cc1c(C(F)(F)F)nc2n1CCCN2c1c(C)cc(C)cc1Cl. The Labute approximate surface area is 186 Å². The van der Waals surface area contributed by atoms with Crippen molar-refractivity contribution in [3.05, 3.63) is 39.7 Å². The predicted octanol–water partition coefficient (Wildman–Crippen LogP) is 5.57. The number of benzene rings is 1. The average Bonchev–Trinajstić information content (AvgIpc) is 3.05. The van der Waals surface area contributed by atoms with E-state index in [1.165, 1.54) is 0 Å². The van der Waals surface area contributed by atoms with Crippen molar-refractivity contribution < 1.29 is 17.9 Å². The Kier molecular flexibility index (Phi) is 7.55. The van der Waals surface area contributed by atoms with Gasteiger partial charge in [-0.25, -0.2) is 4.98 Å². The summed E-state index contributed by atoms with van der Waals surface area (Å²) in [6.45, 7) is 8.84. The summed E-state index contributed by atoms with van der Waals surface area (Å²) in [6.07, 6.45) is -2.98. The Morgan fingerprint density at radius 2 is 1.94 bits per heavy atom. The molecule has 0 atom stereocenters. The standard InChI is InChI=1S/C22H30ClF3N4O/c1-5-7-28(10-11-31-4)14-18-20(22(24,25)26)27-21-29(18)8-6-9-30(21)19-16(3)12-15(2)13-17(19)23/h12-13H,5-11,14H2,1-4H3. The summed E-state index contributed by atoms with van der Waals surface area (Å²) in [7, 11) is 1.59. The summed E-state index contributed by atoms with van der Waals surface area (Å²) in [4.78, 5) is 7.95. The van der Waals surface area contributed by atoms with Gasteiger partial charge in [0.1, 0.15) is 0 Å². The number of fused-ring (bicyclic) bond motifs is 1. The molecule has 3 rings (SSSR count). The number of aromatic nitrogens is 2. The molecule has 0 spiro atoms. The average molecular weight is 459 g/mol. The smallest absolute Gasteiger partial charge is 0.383 e. The highest BCUT2D eigenvalue weighted by Gasteiger charge is 2.41. The van der Waals surface area contributed by atoms with Gasteiger partial charge < -0.3 is 14.2 Å². The summed E-state index contributed by atoms with van der Waals surface area (Å²) in [5.74, 6) is 0.311. The number of aryl methyl sites for hydroxylation is 2. The van der Waals surface area contributed by atoms with Crippen molar-refractivity contribution in [2.45, 2.75) is 52.9 Å². The van der Waals surface area contributed by atoms with Crippen LogP contribution in [0.15, 0.2) is 12.1 Å². The number of hydrogen-bond donors (Lipinski definition) is 0. The fourth-order valence-electron chi connectivity index (χ4n) is 4.27. The minimum atomic E-state index is -4.53. The molecule has 0 bridgehead atoms. The number of anilines is 2. The van der Waals surface area contributed by atoms with Crippen LogP contribution in [0.1, 0.15) is 42.3 Å². The molecule has 1 aromatic carbocycles. The van der Waals surface area contributed by atoms with Crippen molar-refractivity contribution in [2.75, 3.05) is 38.3 Å². The second kappa shape index (κ2) is 9.79. The topological polar surface area (TPSA) is 33.5 Å². The number of alkyl halides is 3. The Balaban J connectivity index is 2.09. The molecule has 31 heavy (non-hydrogen) atoms. The third-order valence-electron chi connectivity index (χ3n) is 5.52. The zero-order valence-electron chi connectivity index (χ0n) is 18.5. The summed E-state index contributed by atoms with van der Waals surface area (Å²) in [5.41, 5.74) is 2.05. The first kappa shape index (κ1) is 23.9. The van der Waals surface area contributed by atoms with Crippen LogP contribution in [0.5, 0.6) is 0 Å². The second-order valence-electron chi connectivity index (χ2n) is 8.04. The number of rotatable bonds is 8. The van der Waals surface area contributed by atoms with E-state index in [1.807, 2.05) is 42.7 Å². The number of hydrogen-bond acceptors (Lipinski definition) is 4. The highest BCUT2D eigenvalue weighted by Crippen LogP contribution is 2.41. The summed E-state index contributed by atoms with van der Waals surface area (Å²) in [5, 5.41) is 0.525. The van der Waals surface area contributed by atoms with Crippen LogP contribution in [0, 0.1) is 13.8 Å². The van der Waals surface area contributed by atoms with Crippen LogP contribution in [-0.4, -0.2) is 47.8 Å². The molecular weight excluding hydrogens is 429 g/mol. The fraction of sp³-hybridized carbons (Fsp3) is 0.591. The van der Waals surface area contributed by atoms with Gasteiger partial charge in [0.2, 0.25) is 5.95 Å². The second-order valence-corrected chi connectivity index (χ2v) is 8.45. The van der Waals surface area contributed by atoms with Gasteiger partial charge in [0.25, 0.3) is 0 Å². The molecule has 0 unspecified atom stereocenters. The largest absolute Gasteiger partial charge is 0.435 e. The molecule has 172 valence electrons. The van der Waals surface area contributed by atoms with Gasteiger partial charge in [0.15, 0.2) is 5.69 Å². The molecule has 0 N–H and O–H groups in total. The Bertz CT molecular complexity index is 890. The zero-order valence-corrected chi connectivity index (χ0v) is 19.3. The van der Waals surface area contributed by atoms with Crippen molar-refractivity contribution >= 4 is 23.2 Å². The van der Waals surface area contributed by atoms with Gasteiger partial charge in [-0.2, -0.15) is 13.2 Å². The lowest BCUT2D eigenvalue weighted by molar-refractivity contribution is -0.141. The number of methoxy groups -OCH3 is 1. The van der Waals surface area contributed by atoms with Gasteiger partial charge in [-0.15, -0.1) is 0 Å². The maximum atomic E-state index is 14.0. The van der Waals surface area contributed by atoms with Crippen molar-refractivity contribution in [1.29, 1.82) is 0 Å². The molecule has 0 aliphatic carbocycles. The van der Waals surface area contributed by atoms with Gasteiger partial charge in [0, 0.05) is 33.3 Å². The highest BCUT2D eigenvalue weighted by atomic mass is 35.5. The number of halogens is 4. The predicted molar refractivity (Wildman–Crippen MR) is 117 cm³/mol. The first-order valence-electron chi connectivity index (χ1n) is 10.6. The van der Waals surface area contributed by atoms with Crippen molar-refractivity contribution in [3.63, 3.8) is 0 Å². The summed E-state index contributed by atoms with van der Waals surface area (Å²) < 4.78 is 48.9. The Morgan fingerprint density at radius 3 is 2.55 bits per heavy atom. The van der Waals surface area contributed by atoms with E-state index < -0.39 is 11.9 Å². The van der Waals surface area contributed by atoms with Crippen molar-refractivity contribution in [3.8, 4) is 0 Å². The fourth-order valence-corrected chi connectivity index (χ4v) is 4.69. The van der Waals surface area contributed by atoms with Gasteiger partial charge in [-0.3, -0.25) is 4.90 Å². The van der Waals surface area contributed by atoms with Crippen molar-refractivity contribution in [1.82, 2.24) is 14.5 Å². The molecular formula is C22H30ClF3N4O. The molecule has 0 saturated heterocycles. The van der Waals surface area contributed by atoms with Gasteiger partial charge >= 0.3 is 6.18 Å². The summed E-state index contributed by atoms with van der Waals surface area (Å²) >= 11 is 6.53. The normalized spacial score (nSPS) is 14.4. The molecule has 9 heteroatoms. The van der Waals surface area contributed by atoms with Crippen LogP contribution in [0.4, 0.5) is 24.8 Å². The maximum absolute atomic E-state index is 14.0. The Morgan fingerprint density at radius 1 is 1.19 bits per heavy atom. The Hall–Kier alpha value is -1.77. The molecule has 0 saturated carbocycles. The number of nitrogens with zero attached hydrogens (tertiary/aromatic N) is 4. The number of imidazole rings is 1. The molecule has 0 amide bonds. The third kappa shape index (κ3) is 5.18. The minimum absolute atomic E-state index is 0.174. The molecule has 2 heterocycles. The molecule has 0 fully saturated rings. The summed E-state index contributed by atoms with van der Waals surface area (Å²) in [6, 6.07) is 3.83. The molecule has 2 aromatic rings. The van der Waals surface area contributed by atoms with E-state index in [4.69, 9.17) is 16.3 Å². The van der Waals surface area contributed by atoms with E-state index in [-0.39, 0.29) is 12.2 Å². The van der Waals surface area contributed by atoms with E-state index in [1.54, 1.807) is 11.7 Å². The lowest BCUT2D eigenvalue weighted by Crippen LogP contribution is -2.32. The van der Waals surface area contributed by atoms with E-state index in [0.717, 1.165) is 23.2 Å². The van der Waals surface area contributed by atoms with E-state index in [2.05, 4.69) is 4.98 Å². The van der Waals surface area contributed by atoms with Crippen LogP contribution < -0.4 is 4.90 Å². The maximum Gasteiger partial charge on any atom is 0.435 e. The van der Waals surface area contributed by atoms with Crippen LogP contribution in [-0.2, 0) is 24.0 Å².